The first-order valence-corrected chi connectivity index (χ1v) is 8.45. The number of H-pyrrole nitrogens is 1. The summed E-state index contributed by atoms with van der Waals surface area (Å²) in [5.41, 5.74) is -0.484. The number of rotatable bonds is 2. The van der Waals surface area contributed by atoms with Crippen molar-refractivity contribution in [3.8, 4) is 0 Å². The van der Waals surface area contributed by atoms with Crippen LogP contribution in [0.2, 0.25) is 5.02 Å². The molecular formula is C10H13ClN2O3S2. The van der Waals surface area contributed by atoms with Gasteiger partial charge < -0.3 is 4.98 Å². The van der Waals surface area contributed by atoms with Gasteiger partial charge in [-0.1, -0.05) is 11.6 Å². The Hall–Kier alpha value is -0.500. The number of nitrogens with zero attached hydrogens (tertiary/aromatic N) is 1. The van der Waals surface area contributed by atoms with Crippen molar-refractivity contribution >= 4 is 33.4 Å². The summed E-state index contributed by atoms with van der Waals surface area (Å²) in [4.78, 5) is 13.5. The maximum atomic E-state index is 12.3. The van der Waals surface area contributed by atoms with Crippen molar-refractivity contribution < 1.29 is 8.42 Å². The van der Waals surface area contributed by atoms with E-state index in [0.717, 1.165) is 17.9 Å². The highest BCUT2D eigenvalue weighted by atomic mass is 35.5. The van der Waals surface area contributed by atoms with Gasteiger partial charge in [0.15, 0.2) is 0 Å². The van der Waals surface area contributed by atoms with Crippen LogP contribution in [0, 0.1) is 0 Å². The minimum Gasteiger partial charge on any atom is -0.326 e. The molecule has 0 amide bonds. The Morgan fingerprint density at radius 1 is 1.33 bits per heavy atom. The van der Waals surface area contributed by atoms with Gasteiger partial charge >= 0.3 is 0 Å². The van der Waals surface area contributed by atoms with Gasteiger partial charge in [-0.2, -0.15) is 16.1 Å². The molecule has 2 heterocycles. The first-order valence-electron chi connectivity index (χ1n) is 5.48. The Morgan fingerprint density at radius 3 is 2.83 bits per heavy atom. The fraction of sp³-hybridized carbons (Fsp3) is 0.500. The molecular weight excluding hydrogens is 296 g/mol. The molecule has 1 aromatic heterocycles. The van der Waals surface area contributed by atoms with Crippen LogP contribution in [-0.2, 0) is 10.0 Å². The highest BCUT2D eigenvalue weighted by Crippen LogP contribution is 2.20. The lowest BCUT2D eigenvalue weighted by molar-refractivity contribution is 0.434. The van der Waals surface area contributed by atoms with Gasteiger partial charge in [-0.3, -0.25) is 4.79 Å². The van der Waals surface area contributed by atoms with Crippen LogP contribution < -0.4 is 5.56 Å². The first kappa shape index (κ1) is 13.9. The topological polar surface area (TPSA) is 70.2 Å². The van der Waals surface area contributed by atoms with Gasteiger partial charge in [0.1, 0.15) is 5.02 Å². The van der Waals surface area contributed by atoms with E-state index in [4.69, 9.17) is 11.6 Å². The molecule has 1 N–H and O–H groups in total. The Morgan fingerprint density at radius 2 is 2.11 bits per heavy atom. The largest absolute Gasteiger partial charge is 0.326 e. The summed E-state index contributed by atoms with van der Waals surface area (Å²) in [6.07, 6.45) is 2.03. The van der Waals surface area contributed by atoms with E-state index in [1.54, 1.807) is 11.8 Å². The molecule has 1 fully saturated rings. The standard InChI is InChI=1S/C10H13ClN2O3S2/c11-9-6-8(7-12-10(9)14)18(15,16)13-2-1-4-17-5-3-13/h6-7H,1-5H2,(H,12,14). The van der Waals surface area contributed by atoms with Gasteiger partial charge in [0, 0.05) is 25.0 Å². The van der Waals surface area contributed by atoms with Crippen molar-refractivity contribution in [2.75, 3.05) is 24.6 Å². The quantitative estimate of drug-likeness (QED) is 0.890. The Kier molecular flexibility index (Phi) is 4.37. The summed E-state index contributed by atoms with van der Waals surface area (Å²) in [6.45, 7) is 0.996. The van der Waals surface area contributed by atoms with Crippen molar-refractivity contribution in [3.05, 3.63) is 27.6 Å². The van der Waals surface area contributed by atoms with Crippen LogP contribution in [0.25, 0.3) is 0 Å². The fourth-order valence-corrected chi connectivity index (χ4v) is 4.41. The molecule has 0 saturated carbocycles. The van der Waals surface area contributed by atoms with E-state index in [1.165, 1.54) is 16.6 Å². The molecule has 0 atom stereocenters. The van der Waals surface area contributed by atoms with Gasteiger partial charge in [0.25, 0.3) is 5.56 Å². The summed E-state index contributed by atoms with van der Waals surface area (Å²) >= 11 is 7.41. The van der Waals surface area contributed by atoms with Crippen molar-refractivity contribution in [2.24, 2.45) is 0 Å². The predicted molar refractivity (Wildman–Crippen MR) is 72.8 cm³/mol. The number of hydrogen-bond donors (Lipinski definition) is 1. The minimum atomic E-state index is -3.56. The molecule has 0 bridgehead atoms. The summed E-state index contributed by atoms with van der Waals surface area (Å²) in [7, 11) is -3.56. The molecule has 5 nitrogen and oxygen atoms in total. The molecule has 0 aromatic carbocycles. The molecule has 1 saturated heterocycles. The zero-order valence-corrected chi connectivity index (χ0v) is 11.9. The highest BCUT2D eigenvalue weighted by molar-refractivity contribution is 7.99. The zero-order chi connectivity index (χ0) is 13.2. The maximum Gasteiger partial charge on any atom is 0.266 e. The van der Waals surface area contributed by atoms with E-state index in [2.05, 4.69) is 4.98 Å². The number of halogens is 1. The Bertz CT molecular complexity index is 577. The average Bonchev–Trinajstić information content (AvgIpc) is 2.61. The molecule has 100 valence electrons. The lowest BCUT2D eigenvalue weighted by Gasteiger charge is -2.19. The number of pyridine rings is 1. The smallest absolute Gasteiger partial charge is 0.266 e. The van der Waals surface area contributed by atoms with Crippen molar-refractivity contribution in [2.45, 2.75) is 11.3 Å². The SMILES string of the molecule is O=c1[nH]cc(S(=O)(=O)N2CCCSCC2)cc1Cl. The van der Waals surface area contributed by atoms with Gasteiger partial charge in [0.2, 0.25) is 10.0 Å². The van der Waals surface area contributed by atoms with Gasteiger partial charge in [-0.15, -0.1) is 0 Å². The molecule has 1 aliphatic rings. The number of nitrogens with one attached hydrogen (secondary N) is 1. The number of sulfonamides is 1. The van der Waals surface area contributed by atoms with Crippen LogP contribution >= 0.6 is 23.4 Å². The molecule has 0 radical (unpaired) electrons. The second-order valence-corrected chi connectivity index (χ2v) is 7.45. The second-order valence-electron chi connectivity index (χ2n) is 3.88. The third kappa shape index (κ3) is 2.90. The third-order valence-corrected chi connectivity index (χ3v) is 5.86. The molecule has 0 unspecified atom stereocenters. The summed E-state index contributed by atoms with van der Waals surface area (Å²) < 4.78 is 26.1. The van der Waals surface area contributed by atoms with E-state index in [0.29, 0.717) is 13.1 Å². The van der Waals surface area contributed by atoms with Crippen LogP contribution in [0.3, 0.4) is 0 Å². The summed E-state index contributed by atoms with van der Waals surface area (Å²) in [5.74, 6) is 1.76. The monoisotopic (exact) mass is 308 g/mol. The summed E-state index contributed by atoms with van der Waals surface area (Å²) in [5, 5.41) is -0.111. The van der Waals surface area contributed by atoms with Crippen LogP contribution in [-0.4, -0.2) is 42.3 Å². The van der Waals surface area contributed by atoms with Crippen molar-refractivity contribution in [1.29, 1.82) is 0 Å². The van der Waals surface area contributed by atoms with Crippen LogP contribution in [0.4, 0.5) is 0 Å². The number of aromatic nitrogens is 1. The van der Waals surface area contributed by atoms with E-state index in [-0.39, 0.29) is 9.92 Å². The van der Waals surface area contributed by atoms with Crippen molar-refractivity contribution in [1.82, 2.24) is 9.29 Å². The van der Waals surface area contributed by atoms with Gasteiger partial charge in [-0.05, 0) is 18.2 Å². The van der Waals surface area contributed by atoms with Gasteiger partial charge in [0.05, 0.1) is 4.90 Å². The first-order chi connectivity index (χ1) is 8.51. The summed E-state index contributed by atoms with van der Waals surface area (Å²) in [6, 6.07) is 1.20. The maximum absolute atomic E-state index is 12.3. The van der Waals surface area contributed by atoms with E-state index in [1.807, 2.05) is 0 Å². The van der Waals surface area contributed by atoms with E-state index < -0.39 is 15.6 Å². The van der Waals surface area contributed by atoms with Crippen molar-refractivity contribution in [3.63, 3.8) is 0 Å². The molecule has 1 aliphatic heterocycles. The number of hydrogen-bond acceptors (Lipinski definition) is 4. The number of aromatic amines is 1. The van der Waals surface area contributed by atoms with E-state index >= 15 is 0 Å². The van der Waals surface area contributed by atoms with Gasteiger partial charge in [-0.25, -0.2) is 8.42 Å². The fourth-order valence-electron chi connectivity index (χ4n) is 1.70. The minimum absolute atomic E-state index is 0.0407. The highest BCUT2D eigenvalue weighted by Gasteiger charge is 2.25. The van der Waals surface area contributed by atoms with Crippen LogP contribution in [0.15, 0.2) is 22.0 Å². The molecule has 2 rings (SSSR count). The zero-order valence-electron chi connectivity index (χ0n) is 9.56. The molecule has 1 aromatic rings. The molecule has 0 spiro atoms. The molecule has 18 heavy (non-hydrogen) atoms. The Labute approximate surface area is 115 Å². The Balaban J connectivity index is 2.34. The lowest BCUT2D eigenvalue weighted by Crippen LogP contribution is -2.33. The number of thioether (sulfide) groups is 1. The second kappa shape index (κ2) is 5.64. The normalized spacial score (nSPS) is 18.5. The molecule has 8 heteroatoms. The van der Waals surface area contributed by atoms with Crippen LogP contribution in [0.5, 0.6) is 0 Å². The predicted octanol–water partition coefficient (Wildman–Crippen LogP) is 1.16. The van der Waals surface area contributed by atoms with Crippen LogP contribution in [0.1, 0.15) is 6.42 Å². The third-order valence-electron chi connectivity index (χ3n) is 2.65. The molecule has 0 aliphatic carbocycles. The lowest BCUT2D eigenvalue weighted by atomic mass is 10.5. The average molecular weight is 309 g/mol. The van der Waals surface area contributed by atoms with E-state index in [9.17, 15) is 13.2 Å².